The molecule has 158 valence electrons. The summed E-state index contributed by atoms with van der Waals surface area (Å²) in [6, 6.07) is 11.7. The fourth-order valence-corrected chi connectivity index (χ4v) is 3.58. The fraction of sp³-hybridized carbons (Fsp3) is 0.250. The summed E-state index contributed by atoms with van der Waals surface area (Å²) in [6.07, 6.45) is 3.23. The fourth-order valence-electron chi connectivity index (χ4n) is 3.31. The number of aromatic amines is 1. The Morgan fingerprint density at radius 3 is 2.55 bits per heavy atom. The Morgan fingerprint density at radius 2 is 1.90 bits per heavy atom. The molecule has 3 aromatic heterocycles. The number of aromatic nitrogens is 4. The van der Waals surface area contributed by atoms with Gasteiger partial charge in [0, 0.05) is 24.5 Å². The van der Waals surface area contributed by atoms with Crippen LogP contribution in [0.4, 0.5) is 0 Å². The number of imidazole rings is 1. The maximum absolute atomic E-state index is 12.0. The van der Waals surface area contributed by atoms with E-state index in [0.717, 1.165) is 22.3 Å². The number of hydrogen-bond donors (Lipinski definition) is 2. The van der Waals surface area contributed by atoms with Gasteiger partial charge in [-0.3, -0.25) is 14.8 Å². The Bertz CT molecular complexity index is 1260. The number of H-pyrrole nitrogens is 1. The van der Waals surface area contributed by atoms with E-state index in [1.807, 2.05) is 25.1 Å². The van der Waals surface area contributed by atoms with Crippen molar-refractivity contribution in [2.75, 3.05) is 6.54 Å². The minimum absolute atomic E-state index is 0.0679. The van der Waals surface area contributed by atoms with Crippen molar-refractivity contribution in [3.05, 3.63) is 64.9 Å². The standard InChI is InChI=1S/C24H24ClN5O/c1-5-26-23(31)15-10-17(25)21(28-13-15)14-6-8-19(27-12-14)22-29-18-9-7-16(24(2,3)4)11-20(18)30-22/h6-13H,5H2,1-4H3,(H,26,31)(H,29,30). The van der Waals surface area contributed by atoms with Gasteiger partial charge in [0.15, 0.2) is 5.82 Å². The lowest BCUT2D eigenvalue weighted by Gasteiger charge is -2.18. The van der Waals surface area contributed by atoms with Crippen LogP contribution in [0.15, 0.2) is 48.8 Å². The molecule has 3 heterocycles. The summed E-state index contributed by atoms with van der Waals surface area (Å²) in [6.45, 7) is 8.97. The number of benzene rings is 1. The first-order valence-electron chi connectivity index (χ1n) is 10.2. The van der Waals surface area contributed by atoms with Crippen LogP contribution in [0.3, 0.4) is 0 Å². The van der Waals surface area contributed by atoms with Gasteiger partial charge in [-0.15, -0.1) is 0 Å². The molecular formula is C24H24ClN5O. The van der Waals surface area contributed by atoms with E-state index in [1.165, 1.54) is 11.8 Å². The highest BCUT2D eigenvalue weighted by Gasteiger charge is 2.16. The highest BCUT2D eigenvalue weighted by molar-refractivity contribution is 6.33. The molecule has 0 aliphatic carbocycles. The molecule has 7 heteroatoms. The third-order valence-corrected chi connectivity index (χ3v) is 5.36. The maximum atomic E-state index is 12.0. The minimum atomic E-state index is -0.198. The first-order valence-corrected chi connectivity index (χ1v) is 10.5. The Labute approximate surface area is 186 Å². The molecular weight excluding hydrogens is 410 g/mol. The predicted molar refractivity (Wildman–Crippen MR) is 124 cm³/mol. The van der Waals surface area contributed by atoms with E-state index >= 15 is 0 Å². The largest absolute Gasteiger partial charge is 0.352 e. The number of nitrogens with one attached hydrogen (secondary N) is 2. The molecule has 4 aromatic rings. The quantitative estimate of drug-likeness (QED) is 0.452. The molecule has 31 heavy (non-hydrogen) atoms. The van der Waals surface area contributed by atoms with E-state index < -0.39 is 0 Å². The summed E-state index contributed by atoms with van der Waals surface area (Å²) >= 11 is 6.38. The van der Waals surface area contributed by atoms with Crippen LogP contribution in [0, 0.1) is 0 Å². The molecule has 1 amide bonds. The van der Waals surface area contributed by atoms with E-state index in [9.17, 15) is 4.79 Å². The second-order valence-corrected chi connectivity index (χ2v) is 8.82. The Morgan fingerprint density at radius 1 is 1.10 bits per heavy atom. The minimum Gasteiger partial charge on any atom is -0.352 e. The summed E-state index contributed by atoms with van der Waals surface area (Å²) in [5.41, 5.74) is 5.70. The number of halogens is 1. The maximum Gasteiger partial charge on any atom is 0.252 e. The second-order valence-electron chi connectivity index (χ2n) is 8.41. The van der Waals surface area contributed by atoms with Crippen molar-refractivity contribution >= 4 is 28.5 Å². The van der Waals surface area contributed by atoms with Gasteiger partial charge in [-0.25, -0.2) is 4.98 Å². The van der Waals surface area contributed by atoms with E-state index in [0.29, 0.717) is 28.6 Å². The third kappa shape index (κ3) is 4.30. The highest BCUT2D eigenvalue weighted by Crippen LogP contribution is 2.29. The Balaban J connectivity index is 1.62. The first-order chi connectivity index (χ1) is 14.8. The monoisotopic (exact) mass is 433 g/mol. The summed E-state index contributed by atoms with van der Waals surface area (Å²) in [7, 11) is 0. The van der Waals surface area contributed by atoms with Crippen molar-refractivity contribution in [2.24, 2.45) is 0 Å². The number of nitrogens with zero attached hydrogens (tertiary/aromatic N) is 3. The van der Waals surface area contributed by atoms with Gasteiger partial charge in [0.2, 0.25) is 0 Å². The second kappa shape index (κ2) is 8.12. The van der Waals surface area contributed by atoms with Gasteiger partial charge in [-0.05, 0) is 48.2 Å². The lowest BCUT2D eigenvalue weighted by atomic mass is 9.87. The number of fused-ring (bicyclic) bond motifs is 1. The molecule has 0 saturated carbocycles. The zero-order valence-electron chi connectivity index (χ0n) is 18.0. The van der Waals surface area contributed by atoms with Crippen molar-refractivity contribution in [2.45, 2.75) is 33.1 Å². The van der Waals surface area contributed by atoms with Crippen molar-refractivity contribution in [3.8, 4) is 22.8 Å². The normalized spacial score (nSPS) is 11.6. The lowest BCUT2D eigenvalue weighted by Crippen LogP contribution is -2.22. The predicted octanol–water partition coefficient (Wildman–Crippen LogP) is 5.39. The van der Waals surface area contributed by atoms with Crippen LogP contribution in [-0.4, -0.2) is 32.4 Å². The van der Waals surface area contributed by atoms with Crippen molar-refractivity contribution < 1.29 is 4.79 Å². The van der Waals surface area contributed by atoms with Gasteiger partial charge >= 0.3 is 0 Å². The number of hydrogen-bond acceptors (Lipinski definition) is 4. The van der Waals surface area contributed by atoms with Crippen LogP contribution in [0.25, 0.3) is 33.8 Å². The third-order valence-electron chi connectivity index (χ3n) is 5.07. The molecule has 0 saturated heterocycles. The number of rotatable bonds is 4. The van der Waals surface area contributed by atoms with Gasteiger partial charge in [0.05, 0.1) is 27.3 Å². The number of carbonyl (C=O) groups is 1. The first kappa shape index (κ1) is 21.0. The molecule has 0 radical (unpaired) electrons. The van der Waals surface area contributed by atoms with Crippen LogP contribution < -0.4 is 5.32 Å². The van der Waals surface area contributed by atoms with Crippen molar-refractivity contribution in [1.82, 2.24) is 25.3 Å². The molecule has 0 aliphatic rings. The Hall–Kier alpha value is -3.25. The molecule has 0 aliphatic heterocycles. The van der Waals surface area contributed by atoms with E-state index in [2.05, 4.69) is 58.2 Å². The zero-order valence-corrected chi connectivity index (χ0v) is 18.7. The van der Waals surface area contributed by atoms with Crippen molar-refractivity contribution in [1.29, 1.82) is 0 Å². The SMILES string of the molecule is CCNC(=O)c1cnc(-c2ccc(-c3nc4ccc(C(C)(C)C)cc4[nH]3)nc2)c(Cl)c1. The Kier molecular flexibility index (Phi) is 5.50. The van der Waals surface area contributed by atoms with Gasteiger partial charge in [0.25, 0.3) is 5.91 Å². The smallest absolute Gasteiger partial charge is 0.252 e. The highest BCUT2D eigenvalue weighted by atomic mass is 35.5. The van der Waals surface area contributed by atoms with Gasteiger partial charge < -0.3 is 10.3 Å². The molecule has 0 atom stereocenters. The van der Waals surface area contributed by atoms with E-state index in [-0.39, 0.29) is 11.3 Å². The molecule has 4 rings (SSSR count). The van der Waals surface area contributed by atoms with Crippen molar-refractivity contribution in [3.63, 3.8) is 0 Å². The number of pyridine rings is 2. The van der Waals surface area contributed by atoms with E-state index in [4.69, 9.17) is 11.6 Å². The van der Waals surface area contributed by atoms with Crippen LogP contribution in [0.5, 0.6) is 0 Å². The summed E-state index contributed by atoms with van der Waals surface area (Å²) in [5, 5.41) is 3.14. The van der Waals surface area contributed by atoms with Crippen LogP contribution >= 0.6 is 11.6 Å². The summed E-state index contributed by atoms with van der Waals surface area (Å²) < 4.78 is 0. The average Bonchev–Trinajstić information content (AvgIpc) is 3.17. The average molecular weight is 434 g/mol. The summed E-state index contributed by atoms with van der Waals surface area (Å²) in [5.74, 6) is 0.509. The van der Waals surface area contributed by atoms with E-state index in [1.54, 1.807) is 12.3 Å². The molecule has 0 unspecified atom stereocenters. The van der Waals surface area contributed by atoms with Gasteiger partial charge in [-0.2, -0.15) is 0 Å². The zero-order chi connectivity index (χ0) is 22.2. The van der Waals surface area contributed by atoms with Crippen LogP contribution in [0.1, 0.15) is 43.6 Å². The molecule has 6 nitrogen and oxygen atoms in total. The van der Waals surface area contributed by atoms with Crippen LogP contribution in [-0.2, 0) is 5.41 Å². The van der Waals surface area contributed by atoms with Gasteiger partial charge in [-0.1, -0.05) is 38.4 Å². The number of amides is 1. The topological polar surface area (TPSA) is 83.6 Å². The summed E-state index contributed by atoms with van der Waals surface area (Å²) in [4.78, 5) is 28.9. The van der Waals surface area contributed by atoms with Crippen LogP contribution in [0.2, 0.25) is 5.02 Å². The molecule has 2 N–H and O–H groups in total. The molecule has 0 fully saturated rings. The lowest BCUT2D eigenvalue weighted by molar-refractivity contribution is 0.0955. The molecule has 0 bridgehead atoms. The number of carbonyl (C=O) groups excluding carboxylic acids is 1. The molecule has 1 aromatic carbocycles. The molecule has 0 spiro atoms. The van der Waals surface area contributed by atoms with Gasteiger partial charge in [0.1, 0.15) is 5.69 Å².